The minimum absolute atomic E-state index is 0.700. The molecule has 1 heterocycles. The van der Waals surface area contributed by atoms with Gasteiger partial charge in [0.25, 0.3) is 0 Å². The zero-order valence-corrected chi connectivity index (χ0v) is 14.2. The third-order valence-electron chi connectivity index (χ3n) is 2.75. The molecule has 1 N–H and O–H groups in total. The largest absolute Gasteiger partial charge is 0.735 e. The van der Waals surface area contributed by atoms with Gasteiger partial charge < -0.3 is 23.1 Å². The van der Waals surface area contributed by atoms with E-state index in [1.807, 2.05) is 0 Å². The SMILES string of the molecule is COC1C(COS(=O)(=O)[O-])OCC(NS(=O)(=O)[O-])C1OS(=O)(=O)[O-]. The van der Waals surface area contributed by atoms with Crippen molar-refractivity contribution in [1.29, 1.82) is 0 Å². The number of nitrogens with one attached hydrogen (secondary N) is 1. The molecule has 144 valence electrons. The number of methoxy groups -OCH3 is 1. The lowest BCUT2D eigenvalue weighted by Gasteiger charge is -2.41. The van der Waals surface area contributed by atoms with Gasteiger partial charge in [0.2, 0.25) is 20.8 Å². The molecular formula is C7H12NO13S3-3. The first kappa shape index (κ1) is 21.6. The summed E-state index contributed by atoms with van der Waals surface area (Å²) >= 11 is 0. The lowest BCUT2D eigenvalue weighted by atomic mass is 9.99. The first-order valence-electron chi connectivity index (χ1n) is 5.84. The Balaban J connectivity index is 3.05. The number of hydrogen-bond donors (Lipinski definition) is 1. The van der Waals surface area contributed by atoms with Gasteiger partial charge in [-0.1, -0.05) is 0 Å². The number of ether oxygens (including phenoxy) is 2. The number of hydrogen-bond acceptors (Lipinski definition) is 13. The summed E-state index contributed by atoms with van der Waals surface area (Å²) in [5, 5.41) is 0. The Bertz CT molecular complexity index is 728. The fourth-order valence-electron chi connectivity index (χ4n) is 1.98. The molecule has 1 saturated heterocycles. The minimum Gasteiger partial charge on any atom is -0.735 e. The molecule has 0 saturated carbocycles. The molecule has 4 unspecified atom stereocenters. The van der Waals surface area contributed by atoms with Crippen molar-refractivity contribution >= 4 is 31.1 Å². The van der Waals surface area contributed by atoms with Crippen molar-refractivity contribution in [2.24, 2.45) is 0 Å². The molecule has 14 nitrogen and oxygen atoms in total. The summed E-state index contributed by atoms with van der Waals surface area (Å²) in [6, 6.07) is -1.64. The molecular weight excluding hydrogens is 402 g/mol. The Kier molecular flexibility index (Phi) is 7.03. The summed E-state index contributed by atoms with van der Waals surface area (Å²) < 4.78 is 115. The standard InChI is InChI=1S/C7H15NO13S3/c1-18-7-5(3-20-23(12,13)14)19-2-4(8-22(9,10)11)6(7)21-24(15,16)17/h4-8H,2-3H2,1H3,(H,9,10,11)(H,12,13,14)(H,15,16,17)/p-3. The van der Waals surface area contributed by atoms with Crippen LogP contribution < -0.4 is 4.72 Å². The fourth-order valence-corrected chi connectivity index (χ4v) is 3.37. The lowest BCUT2D eigenvalue weighted by Crippen LogP contribution is -2.62. The highest BCUT2D eigenvalue weighted by atomic mass is 32.3. The van der Waals surface area contributed by atoms with E-state index in [4.69, 9.17) is 9.47 Å². The van der Waals surface area contributed by atoms with Crippen LogP contribution in [0.3, 0.4) is 0 Å². The molecule has 4 atom stereocenters. The van der Waals surface area contributed by atoms with Crippen molar-refractivity contribution in [3.8, 4) is 0 Å². The summed E-state index contributed by atoms with van der Waals surface area (Å²) in [7, 11) is -14.6. The second-order valence-corrected chi connectivity index (χ2v) is 7.62. The molecule has 0 spiro atoms. The second-order valence-electron chi connectivity index (χ2n) is 4.41. The fraction of sp³-hybridized carbons (Fsp3) is 1.00. The highest BCUT2D eigenvalue weighted by Crippen LogP contribution is 2.23. The van der Waals surface area contributed by atoms with Gasteiger partial charge in [0.05, 0.1) is 19.3 Å². The summed E-state index contributed by atoms with van der Waals surface area (Å²) in [5.41, 5.74) is 0. The van der Waals surface area contributed by atoms with Crippen molar-refractivity contribution in [2.45, 2.75) is 24.4 Å². The van der Waals surface area contributed by atoms with Crippen LogP contribution in [0.2, 0.25) is 0 Å². The molecule has 1 aliphatic rings. The second kappa shape index (κ2) is 7.83. The average Bonchev–Trinajstić information content (AvgIpc) is 2.34. The molecule has 0 aromatic carbocycles. The van der Waals surface area contributed by atoms with Crippen molar-refractivity contribution in [3.63, 3.8) is 0 Å². The van der Waals surface area contributed by atoms with Crippen molar-refractivity contribution in [2.75, 3.05) is 20.3 Å². The van der Waals surface area contributed by atoms with E-state index in [0.29, 0.717) is 0 Å². The maximum Gasteiger partial charge on any atom is 0.218 e. The zero-order chi connectivity index (χ0) is 18.8. The van der Waals surface area contributed by atoms with Crippen LogP contribution in [0.5, 0.6) is 0 Å². The van der Waals surface area contributed by atoms with Gasteiger partial charge in [0.1, 0.15) is 18.3 Å². The van der Waals surface area contributed by atoms with Gasteiger partial charge in [-0.15, -0.1) is 0 Å². The Hall–Kier alpha value is -0.470. The summed E-state index contributed by atoms with van der Waals surface area (Å²) in [6.07, 6.45) is -4.86. The van der Waals surface area contributed by atoms with Gasteiger partial charge in [-0.3, -0.25) is 8.37 Å². The third-order valence-corrected chi connectivity index (χ3v) is 4.22. The molecule has 0 radical (unpaired) electrons. The molecule has 0 aliphatic carbocycles. The third kappa shape index (κ3) is 7.61. The van der Waals surface area contributed by atoms with E-state index in [1.165, 1.54) is 4.72 Å². The van der Waals surface area contributed by atoms with E-state index < -0.39 is 68.7 Å². The van der Waals surface area contributed by atoms with Crippen molar-refractivity contribution < 1.29 is 56.8 Å². The molecule has 1 rings (SSSR count). The quantitative estimate of drug-likeness (QED) is 0.297. The first-order valence-corrected chi connectivity index (χ1v) is 9.91. The smallest absolute Gasteiger partial charge is 0.218 e. The van der Waals surface area contributed by atoms with Crippen LogP contribution in [0.15, 0.2) is 0 Å². The van der Waals surface area contributed by atoms with E-state index in [1.54, 1.807) is 0 Å². The molecule has 1 aliphatic heterocycles. The minimum atomic E-state index is -5.37. The molecule has 1 fully saturated rings. The van der Waals surface area contributed by atoms with Gasteiger partial charge in [-0.2, -0.15) is 0 Å². The predicted octanol–water partition coefficient (Wildman–Crippen LogP) is -3.86. The van der Waals surface area contributed by atoms with E-state index in [-0.39, 0.29) is 0 Å². The molecule has 24 heavy (non-hydrogen) atoms. The predicted molar refractivity (Wildman–Crippen MR) is 67.4 cm³/mol. The van der Waals surface area contributed by atoms with E-state index in [2.05, 4.69) is 8.37 Å². The highest BCUT2D eigenvalue weighted by Gasteiger charge is 2.44. The number of rotatable bonds is 8. The Morgan fingerprint density at radius 2 is 1.62 bits per heavy atom. The van der Waals surface area contributed by atoms with Crippen molar-refractivity contribution in [3.05, 3.63) is 0 Å². The van der Waals surface area contributed by atoms with Crippen LogP contribution in [0.4, 0.5) is 0 Å². The lowest BCUT2D eigenvalue weighted by molar-refractivity contribution is -0.161. The Morgan fingerprint density at radius 3 is 2.04 bits per heavy atom. The Morgan fingerprint density at radius 1 is 1.04 bits per heavy atom. The molecule has 0 aromatic heterocycles. The van der Waals surface area contributed by atoms with Gasteiger partial charge in [-0.25, -0.2) is 30.0 Å². The monoisotopic (exact) mass is 414 g/mol. The van der Waals surface area contributed by atoms with E-state index in [0.717, 1.165) is 7.11 Å². The highest BCUT2D eigenvalue weighted by molar-refractivity contribution is 7.83. The average molecular weight is 414 g/mol. The van der Waals surface area contributed by atoms with Crippen LogP contribution in [0.25, 0.3) is 0 Å². The normalized spacial score (nSPS) is 29.5. The van der Waals surface area contributed by atoms with Gasteiger partial charge >= 0.3 is 0 Å². The summed E-state index contributed by atoms with van der Waals surface area (Å²) in [4.78, 5) is 0. The topological polar surface area (TPSA) is 221 Å². The Labute approximate surface area is 137 Å². The summed E-state index contributed by atoms with van der Waals surface area (Å²) in [6.45, 7) is -1.63. The maximum absolute atomic E-state index is 10.8. The molecule has 17 heteroatoms. The van der Waals surface area contributed by atoms with Crippen LogP contribution in [-0.2, 0) is 48.9 Å². The van der Waals surface area contributed by atoms with Crippen LogP contribution >= 0.6 is 0 Å². The van der Waals surface area contributed by atoms with Gasteiger partial charge in [0, 0.05) is 7.11 Å². The van der Waals surface area contributed by atoms with Gasteiger partial charge in [-0.05, 0) is 0 Å². The van der Waals surface area contributed by atoms with Crippen LogP contribution in [-0.4, -0.2) is 83.6 Å². The van der Waals surface area contributed by atoms with E-state index >= 15 is 0 Å². The zero-order valence-electron chi connectivity index (χ0n) is 11.8. The first-order chi connectivity index (χ1) is 10.7. The maximum atomic E-state index is 10.8. The van der Waals surface area contributed by atoms with Crippen molar-refractivity contribution in [1.82, 2.24) is 4.72 Å². The van der Waals surface area contributed by atoms with Gasteiger partial charge in [0.15, 0.2) is 10.3 Å². The van der Waals surface area contributed by atoms with Crippen LogP contribution in [0.1, 0.15) is 0 Å². The van der Waals surface area contributed by atoms with Crippen LogP contribution in [0, 0.1) is 0 Å². The molecule has 0 bridgehead atoms. The summed E-state index contributed by atoms with van der Waals surface area (Å²) in [5.74, 6) is 0. The molecule has 0 amide bonds. The molecule has 0 aromatic rings. The van der Waals surface area contributed by atoms with E-state index in [9.17, 15) is 38.9 Å².